The van der Waals surface area contributed by atoms with Crippen molar-refractivity contribution in [2.24, 2.45) is 0 Å². The van der Waals surface area contributed by atoms with E-state index in [1.165, 1.54) is 38.2 Å². The monoisotopic (exact) mass is 653 g/mol. The van der Waals surface area contributed by atoms with Gasteiger partial charge in [0.05, 0.1) is 0 Å². The second-order valence-electron chi connectivity index (χ2n) is 12.4. The van der Waals surface area contributed by atoms with Gasteiger partial charge in [-0.1, -0.05) is 152 Å². The van der Waals surface area contributed by atoms with Crippen LogP contribution in [0.15, 0.2) is 188 Å². The molecule has 0 radical (unpaired) electrons. The zero-order valence-corrected chi connectivity index (χ0v) is 27.6. The first-order valence-corrected chi connectivity index (χ1v) is 17.0. The molecule has 51 heavy (non-hydrogen) atoms. The van der Waals surface area contributed by atoms with Crippen LogP contribution in [-0.4, -0.2) is 15.0 Å². The predicted octanol–water partition coefficient (Wildman–Crippen LogP) is 12.3. The lowest BCUT2D eigenvalue weighted by Crippen LogP contribution is -2.00. The molecule has 1 aromatic heterocycles. The second-order valence-corrected chi connectivity index (χ2v) is 12.4. The van der Waals surface area contributed by atoms with Crippen molar-refractivity contribution in [3.05, 3.63) is 188 Å². The third-order valence-corrected chi connectivity index (χ3v) is 9.18. The second kappa shape index (κ2) is 13.2. The maximum atomic E-state index is 6.34. The van der Waals surface area contributed by atoms with Crippen LogP contribution in [-0.2, 0) is 0 Å². The standard InChI is InChI=1S/C47H31N3O/c1-4-14-32(15-5-1)43-39-20-10-12-22-41(39)44(42-23-13-11-21-40(42)43)33-24-28-37(29-25-33)51-38-30-26-36(27-31-38)47-49-45(34-16-6-2-7-17-34)48-46(50-47)35-18-8-3-9-19-35/h1-31H. The van der Waals surface area contributed by atoms with E-state index in [-0.39, 0.29) is 0 Å². The largest absolute Gasteiger partial charge is 0.457 e. The van der Waals surface area contributed by atoms with Crippen LogP contribution in [0, 0.1) is 0 Å². The summed E-state index contributed by atoms with van der Waals surface area (Å²) in [5.74, 6) is 3.37. The first-order valence-electron chi connectivity index (χ1n) is 17.0. The number of hydrogen-bond donors (Lipinski definition) is 0. The minimum Gasteiger partial charge on any atom is -0.457 e. The van der Waals surface area contributed by atoms with Crippen LogP contribution >= 0.6 is 0 Å². The predicted molar refractivity (Wildman–Crippen MR) is 209 cm³/mol. The molecule has 9 aromatic rings. The fourth-order valence-corrected chi connectivity index (χ4v) is 6.79. The Balaban J connectivity index is 1.03. The van der Waals surface area contributed by atoms with Gasteiger partial charge in [0.1, 0.15) is 11.5 Å². The lowest BCUT2D eigenvalue weighted by molar-refractivity contribution is 0.483. The van der Waals surface area contributed by atoms with Crippen molar-refractivity contribution in [3.8, 4) is 67.9 Å². The third kappa shape index (κ3) is 5.90. The molecule has 8 aromatic carbocycles. The van der Waals surface area contributed by atoms with Crippen molar-refractivity contribution in [1.82, 2.24) is 15.0 Å². The third-order valence-electron chi connectivity index (χ3n) is 9.18. The van der Waals surface area contributed by atoms with Gasteiger partial charge in [0, 0.05) is 16.7 Å². The van der Waals surface area contributed by atoms with E-state index in [0.717, 1.165) is 33.8 Å². The number of aromatic nitrogens is 3. The van der Waals surface area contributed by atoms with Crippen molar-refractivity contribution >= 4 is 21.5 Å². The van der Waals surface area contributed by atoms with E-state index in [2.05, 4.69) is 91.0 Å². The fraction of sp³-hybridized carbons (Fsp3) is 0. The normalized spacial score (nSPS) is 11.1. The summed E-state index contributed by atoms with van der Waals surface area (Å²) in [7, 11) is 0. The Hall–Kier alpha value is -6.91. The van der Waals surface area contributed by atoms with E-state index in [1.54, 1.807) is 0 Å². The summed E-state index contributed by atoms with van der Waals surface area (Å²) in [6, 6.07) is 64.4. The van der Waals surface area contributed by atoms with Crippen LogP contribution in [0.5, 0.6) is 11.5 Å². The van der Waals surface area contributed by atoms with Crippen molar-refractivity contribution in [3.63, 3.8) is 0 Å². The molecule has 9 rings (SSSR count). The maximum Gasteiger partial charge on any atom is 0.164 e. The first-order chi connectivity index (χ1) is 25.3. The summed E-state index contributed by atoms with van der Waals surface area (Å²) in [6.07, 6.45) is 0. The minimum atomic E-state index is 0.608. The lowest BCUT2D eigenvalue weighted by Gasteiger charge is -2.18. The molecule has 0 amide bonds. The van der Waals surface area contributed by atoms with Crippen molar-refractivity contribution < 1.29 is 4.74 Å². The van der Waals surface area contributed by atoms with Gasteiger partial charge in [-0.2, -0.15) is 0 Å². The minimum absolute atomic E-state index is 0.608. The van der Waals surface area contributed by atoms with Crippen molar-refractivity contribution in [2.75, 3.05) is 0 Å². The molecule has 0 unspecified atom stereocenters. The highest BCUT2D eigenvalue weighted by atomic mass is 16.5. The number of benzene rings is 8. The molecule has 0 N–H and O–H groups in total. The number of ether oxygens (including phenoxy) is 1. The van der Waals surface area contributed by atoms with Gasteiger partial charge in [-0.05, 0) is 80.2 Å². The molecule has 4 nitrogen and oxygen atoms in total. The summed E-state index contributed by atoms with van der Waals surface area (Å²) in [6.45, 7) is 0. The van der Waals surface area contributed by atoms with Gasteiger partial charge in [-0.15, -0.1) is 0 Å². The molecule has 4 heteroatoms. The smallest absolute Gasteiger partial charge is 0.164 e. The van der Waals surface area contributed by atoms with Gasteiger partial charge >= 0.3 is 0 Å². The molecule has 0 fully saturated rings. The van der Waals surface area contributed by atoms with Crippen LogP contribution in [0.25, 0.3) is 78.0 Å². The van der Waals surface area contributed by atoms with E-state index in [0.29, 0.717) is 17.5 Å². The van der Waals surface area contributed by atoms with Gasteiger partial charge in [0.2, 0.25) is 0 Å². The van der Waals surface area contributed by atoms with Gasteiger partial charge in [-0.3, -0.25) is 0 Å². The van der Waals surface area contributed by atoms with Gasteiger partial charge in [0.25, 0.3) is 0 Å². The van der Waals surface area contributed by atoms with Crippen LogP contribution in [0.1, 0.15) is 0 Å². The Morgan fingerprint density at radius 2 is 0.529 bits per heavy atom. The highest BCUT2D eigenvalue weighted by Crippen LogP contribution is 2.43. The topological polar surface area (TPSA) is 47.9 Å². The molecule has 0 saturated carbocycles. The Kier molecular flexibility index (Phi) is 7.80. The highest BCUT2D eigenvalue weighted by molar-refractivity contribution is 6.21. The highest BCUT2D eigenvalue weighted by Gasteiger charge is 2.17. The summed E-state index contributed by atoms with van der Waals surface area (Å²) in [4.78, 5) is 14.5. The summed E-state index contributed by atoms with van der Waals surface area (Å²) >= 11 is 0. The molecule has 0 bridgehead atoms. The Morgan fingerprint density at radius 3 is 0.902 bits per heavy atom. The Labute approximate surface area is 296 Å². The van der Waals surface area contributed by atoms with E-state index in [4.69, 9.17) is 19.7 Å². The first kappa shape index (κ1) is 30.2. The van der Waals surface area contributed by atoms with Gasteiger partial charge in [0.15, 0.2) is 17.5 Å². The van der Waals surface area contributed by atoms with E-state index < -0.39 is 0 Å². The van der Waals surface area contributed by atoms with E-state index in [1.807, 2.05) is 97.1 Å². The van der Waals surface area contributed by atoms with Crippen molar-refractivity contribution in [1.29, 1.82) is 0 Å². The number of fused-ring (bicyclic) bond motifs is 2. The number of nitrogens with zero attached hydrogens (tertiary/aromatic N) is 3. The lowest BCUT2D eigenvalue weighted by atomic mass is 9.86. The molecular weight excluding hydrogens is 623 g/mol. The average molecular weight is 654 g/mol. The molecule has 0 spiro atoms. The zero-order chi connectivity index (χ0) is 34.0. The fourth-order valence-electron chi connectivity index (χ4n) is 6.79. The molecule has 240 valence electrons. The summed E-state index contributed by atoms with van der Waals surface area (Å²) in [5, 5.41) is 4.93. The quantitative estimate of drug-likeness (QED) is 0.161. The van der Waals surface area contributed by atoms with Gasteiger partial charge < -0.3 is 4.74 Å². The van der Waals surface area contributed by atoms with Crippen LogP contribution in [0.3, 0.4) is 0 Å². The SMILES string of the molecule is c1ccc(-c2nc(-c3ccccc3)nc(-c3ccc(Oc4ccc(-c5c6ccccc6c(-c6ccccc6)c6ccccc56)cc4)cc3)n2)cc1. The number of hydrogen-bond acceptors (Lipinski definition) is 4. The zero-order valence-electron chi connectivity index (χ0n) is 27.6. The molecule has 1 heterocycles. The molecule has 0 aliphatic heterocycles. The molecule has 0 aliphatic rings. The van der Waals surface area contributed by atoms with Gasteiger partial charge in [-0.25, -0.2) is 15.0 Å². The molecule has 0 aliphatic carbocycles. The Bertz CT molecular complexity index is 2510. The molecule has 0 atom stereocenters. The molecule has 0 saturated heterocycles. The van der Waals surface area contributed by atoms with E-state index >= 15 is 0 Å². The maximum absolute atomic E-state index is 6.34. The number of rotatable bonds is 7. The molecular formula is C47H31N3O. The average Bonchev–Trinajstić information content (AvgIpc) is 3.21. The summed E-state index contributed by atoms with van der Waals surface area (Å²) < 4.78 is 6.34. The van der Waals surface area contributed by atoms with Crippen LogP contribution < -0.4 is 4.74 Å². The summed E-state index contributed by atoms with van der Waals surface area (Å²) in [5.41, 5.74) is 7.60. The van der Waals surface area contributed by atoms with Crippen LogP contribution in [0.2, 0.25) is 0 Å². The van der Waals surface area contributed by atoms with Crippen molar-refractivity contribution in [2.45, 2.75) is 0 Å². The van der Waals surface area contributed by atoms with E-state index in [9.17, 15) is 0 Å². The Morgan fingerprint density at radius 1 is 0.255 bits per heavy atom. The van der Waals surface area contributed by atoms with Crippen LogP contribution in [0.4, 0.5) is 0 Å².